The number of hydrogen-bond donors (Lipinski definition) is 1. The number of aryl methyl sites for hydroxylation is 2. The molecule has 4 aromatic rings. The summed E-state index contributed by atoms with van der Waals surface area (Å²) in [6.07, 6.45) is 1.76. The molecule has 0 fully saturated rings. The molecular formula is C19H19N7S2. The van der Waals surface area contributed by atoms with Gasteiger partial charge in [-0.05, 0) is 48.0 Å². The van der Waals surface area contributed by atoms with E-state index in [1.54, 1.807) is 27.8 Å². The Balaban J connectivity index is 1.27. The zero-order chi connectivity index (χ0) is 19.2. The van der Waals surface area contributed by atoms with Crippen LogP contribution >= 0.6 is 23.1 Å². The molecule has 0 saturated heterocycles. The van der Waals surface area contributed by atoms with Crippen molar-refractivity contribution in [2.45, 2.75) is 24.1 Å². The Labute approximate surface area is 171 Å². The maximum Gasteiger partial charge on any atom is 0.210 e. The van der Waals surface area contributed by atoms with Crippen LogP contribution in [0.3, 0.4) is 0 Å². The third kappa shape index (κ3) is 4.73. The van der Waals surface area contributed by atoms with Gasteiger partial charge in [0.1, 0.15) is 0 Å². The average molecular weight is 410 g/mol. The largest absolute Gasteiger partial charge is 0.330 e. The van der Waals surface area contributed by atoms with Crippen molar-refractivity contribution in [2.24, 2.45) is 0 Å². The number of hydrogen-bond acceptors (Lipinski definition) is 8. The number of benzene rings is 2. The number of nitrogens with one attached hydrogen (secondary N) is 1. The fourth-order valence-corrected chi connectivity index (χ4v) is 4.38. The molecule has 2 aromatic heterocycles. The van der Waals surface area contributed by atoms with Crippen LogP contribution in [0.4, 0.5) is 10.8 Å². The van der Waals surface area contributed by atoms with Crippen LogP contribution in [0.2, 0.25) is 0 Å². The quantitative estimate of drug-likeness (QED) is 0.343. The maximum absolute atomic E-state index is 4.25. The van der Waals surface area contributed by atoms with Crippen LogP contribution in [0.1, 0.15) is 17.8 Å². The van der Waals surface area contributed by atoms with Crippen LogP contribution in [0.25, 0.3) is 5.69 Å². The van der Waals surface area contributed by atoms with Gasteiger partial charge in [-0.15, -0.1) is 15.3 Å². The zero-order valence-corrected chi connectivity index (χ0v) is 17.0. The van der Waals surface area contributed by atoms with Gasteiger partial charge in [0.2, 0.25) is 5.13 Å². The predicted octanol–water partition coefficient (Wildman–Crippen LogP) is 4.29. The lowest BCUT2D eigenvalue weighted by molar-refractivity contribution is 0.747. The molecule has 1 N–H and O–H groups in total. The molecule has 0 amide bonds. The third-order valence-corrected chi connectivity index (χ3v) is 6.07. The van der Waals surface area contributed by atoms with Crippen LogP contribution in [0.15, 0.2) is 58.9 Å². The molecule has 0 atom stereocenters. The Hall–Kier alpha value is -2.78. The number of aromatic nitrogens is 6. The van der Waals surface area contributed by atoms with E-state index in [0.29, 0.717) is 0 Å². The molecule has 7 nitrogen and oxygen atoms in total. The van der Waals surface area contributed by atoms with E-state index in [-0.39, 0.29) is 0 Å². The van der Waals surface area contributed by atoms with Crippen molar-refractivity contribution in [1.82, 2.24) is 30.4 Å². The van der Waals surface area contributed by atoms with Gasteiger partial charge in [0.05, 0.1) is 5.69 Å². The molecule has 0 radical (unpaired) electrons. The second-order valence-electron chi connectivity index (χ2n) is 6.16. The Morgan fingerprint density at radius 3 is 2.64 bits per heavy atom. The Morgan fingerprint density at radius 1 is 1.00 bits per heavy atom. The SMILES string of the molecule is Cc1ccc(Nc2nnc(SCCCc3nnnn3-c3ccccc3)s2)cc1. The monoisotopic (exact) mass is 409 g/mol. The molecule has 0 unspecified atom stereocenters. The summed E-state index contributed by atoms with van der Waals surface area (Å²) < 4.78 is 2.75. The van der Waals surface area contributed by atoms with Crippen LogP contribution < -0.4 is 5.32 Å². The first-order chi connectivity index (χ1) is 13.8. The lowest BCUT2D eigenvalue weighted by Gasteiger charge is -2.03. The lowest BCUT2D eigenvalue weighted by atomic mass is 10.2. The van der Waals surface area contributed by atoms with Crippen molar-refractivity contribution >= 4 is 33.9 Å². The van der Waals surface area contributed by atoms with E-state index >= 15 is 0 Å². The standard InChI is InChI=1S/C19H19N7S2/c1-14-9-11-15(12-10-14)20-18-22-23-19(28-18)27-13-5-8-17-21-24-25-26(17)16-6-3-2-4-7-16/h2-4,6-7,9-12H,5,8,13H2,1H3,(H,20,22). The van der Waals surface area contributed by atoms with Gasteiger partial charge in [0.15, 0.2) is 10.2 Å². The number of para-hydroxylation sites is 1. The zero-order valence-electron chi connectivity index (χ0n) is 15.3. The number of anilines is 2. The van der Waals surface area contributed by atoms with E-state index in [2.05, 4.69) is 50.1 Å². The smallest absolute Gasteiger partial charge is 0.210 e. The van der Waals surface area contributed by atoms with Crippen molar-refractivity contribution in [3.63, 3.8) is 0 Å². The van der Waals surface area contributed by atoms with E-state index in [1.807, 2.05) is 42.5 Å². The summed E-state index contributed by atoms with van der Waals surface area (Å²) in [6, 6.07) is 18.2. The van der Waals surface area contributed by atoms with Crippen molar-refractivity contribution < 1.29 is 0 Å². The van der Waals surface area contributed by atoms with Crippen LogP contribution in [-0.4, -0.2) is 36.2 Å². The molecule has 0 saturated carbocycles. The predicted molar refractivity (Wildman–Crippen MR) is 113 cm³/mol. The molecule has 4 rings (SSSR count). The van der Waals surface area contributed by atoms with Crippen LogP contribution in [-0.2, 0) is 6.42 Å². The van der Waals surface area contributed by atoms with Crippen molar-refractivity contribution in [3.05, 3.63) is 66.0 Å². The Kier molecular flexibility index (Phi) is 5.93. The molecule has 0 spiro atoms. The van der Waals surface area contributed by atoms with E-state index in [4.69, 9.17) is 0 Å². The molecule has 28 heavy (non-hydrogen) atoms. The van der Waals surface area contributed by atoms with Crippen LogP contribution in [0, 0.1) is 6.92 Å². The minimum atomic E-state index is 0.805. The molecule has 0 bridgehead atoms. The summed E-state index contributed by atoms with van der Waals surface area (Å²) in [6.45, 7) is 2.07. The van der Waals surface area contributed by atoms with Crippen molar-refractivity contribution in [3.8, 4) is 5.69 Å². The summed E-state index contributed by atoms with van der Waals surface area (Å²) in [4.78, 5) is 0. The molecule has 0 aliphatic carbocycles. The van der Waals surface area contributed by atoms with Gasteiger partial charge in [-0.2, -0.15) is 4.68 Å². The van der Waals surface area contributed by atoms with Crippen LogP contribution in [0.5, 0.6) is 0 Å². The van der Waals surface area contributed by atoms with Crippen molar-refractivity contribution in [1.29, 1.82) is 0 Å². The highest BCUT2D eigenvalue weighted by Crippen LogP contribution is 2.28. The highest BCUT2D eigenvalue weighted by atomic mass is 32.2. The number of tetrazole rings is 1. The number of rotatable bonds is 8. The fourth-order valence-electron chi connectivity index (χ4n) is 2.60. The van der Waals surface area contributed by atoms with E-state index in [0.717, 1.165) is 45.3 Å². The molecule has 0 aliphatic heterocycles. The molecule has 0 aliphatic rings. The Morgan fingerprint density at radius 2 is 1.82 bits per heavy atom. The summed E-state index contributed by atoms with van der Waals surface area (Å²) >= 11 is 3.27. The van der Waals surface area contributed by atoms with E-state index in [1.165, 1.54) is 5.56 Å². The number of nitrogens with zero attached hydrogens (tertiary/aromatic N) is 6. The third-order valence-electron chi connectivity index (χ3n) is 4.01. The second kappa shape index (κ2) is 8.94. The van der Waals surface area contributed by atoms with Gasteiger partial charge < -0.3 is 5.32 Å². The first-order valence-electron chi connectivity index (χ1n) is 8.90. The average Bonchev–Trinajstić information content (AvgIpc) is 3.37. The summed E-state index contributed by atoms with van der Waals surface area (Å²) in [7, 11) is 0. The lowest BCUT2D eigenvalue weighted by Crippen LogP contribution is -2.03. The minimum Gasteiger partial charge on any atom is -0.330 e. The molecular weight excluding hydrogens is 390 g/mol. The topological polar surface area (TPSA) is 81.4 Å². The van der Waals surface area contributed by atoms with E-state index < -0.39 is 0 Å². The summed E-state index contributed by atoms with van der Waals surface area (Å²) in [5.41, 5.74) is 3.23. The van der Waals surface area contributed by atoms with Gasteiger partial charge in [0.25, 0.3) is 0 Å². The molecule has 2 aromatic carbocycles. The van der Waals surface area contributed by atoms with Gasteiger partial charge in [-0.25, -0.2) is 0 Å². The first kappa shape index (κ1) is 18.6. The first-order valence-corrected chi connectivity index (χ1v) is 10.7. The van der Waals surface area contributed by atoms with Crippen molar-refractivity contribution in [2.75, 3.05) is 11.1 Å². The van der Waals surface area contributed by atoms with Gasteiger partial charge in [-0.1, -0.05) is 59.0 Å². The van der Waals surface area contributed by atoms with Gasteiger partial charge >= 0.3 is 0 Å². The highest BCUT2D eigenvalue weighted by molar-refractivity contribution is 8.01. The summed E-state index contributed by atoms with van der Waals surface area (Å²) in [5.74, 6) is 1.80. The summed E-state index contributed by atoms with van der Waals surface area (Å²) in [5, 5.41) is 24.6. The van der Waals surface area contributed by atoms with Gasteiger partial charge in [-0.3, -0.25) is 0 Å². The molecule has 9 heteroatoms. The number of thioether (sulfide) groups is 1. The fraction of sp³-hybridized carbons (Fsp3) is 0.211. The molecule has 142 valence electrons. The Bertz CT molecular complexity index is 1010. The molecule has 2 heterocycles. The second-order valence-corrected chi connectivity index (χ2v) is 8.48. The normalized spacial score (nSPS) is 10.9. The van der Waals surface area contributed by atoms with Gasteiger partial charge in [0, 0.05) is 17.9 Å². The maximum atomic E-state index is 4.25. The van der Waals surface area contributed by atoms with E-state index in [9.17, 15) is 0 Å². The highest BCUT2D eigenvalue weighted by Gasteiger charge is 2.09. The minimum absolute atomic E-state index is 0.805.